The Balaban J connectivity index is 0.000000170. The van der Waals surface area contributed by atoms with Gasteiger partial charge in [-0.1, -0.05) is 130 Å². The molecule has 12 aromatic carbocycles. The number of hydrogen-bond acceptors (Lipinski definition) is 22. The first-order valence-electron chi connectivity index (χ1n) is 42.7. The van der Waals surface area contributed by atoms with E-state index in [4.69, 9.17) is 76.1 Å². The molecule has 0 spiro atoms. The van der Waals surface area contributed by atoms with Crippen LogP contribution in [-0.4, -0.2) is 87.1 Å². The number of methoxy groups -OCH3 is 6. The number of carbonyl (C=O) groups is 1. The fourth-order valence-corrected chi connectivity index (χ4v) is 15.6. The number of alkyl halides is 1. The number of ether oxygens (including phenoxy) is 8. The second-order valence-electron chi connectivity index (χ2n) is 32.6. The number of pyridine rings is 2. The van der Waals surface area contributed by atoms with Gasteiger partial charge in [0.1, 0.15) is 51.8 Å². The van der Waals surface area contributed by atoms with Crippen LogP contribution in [-0.2, 0) is 21.1 Å². The molecule has 0 unspecified atom stereocenters. The van der Waals surface area contributed by atoms with E-state index in [9.17, 15) is 37.5 Å². The third-order valence-corrected chi connectivity index (χ3v) is 24.3. The van der Waals surface area contributed by atoms with E-state index in [0.717, 1.165) is 74.3 Å². The molecule has 1 aliphatic rings. The smallest absolute Gasteiger partial charge is 0.494 e. The molecular weight excluding hydrogens is 2140 g/mol. The number of benzene rings is 12. The molecule has 2 N–H and O–H groups in total. The molecule has 0 radical (unpaired) electrons. The molecule has 0 amide bonds. The summed E-state index contributed by atoms with van der Waals surface area (Å²) < 4.78 is 114. The number of carboxylic acid groups (broad SMARTS) is 1. The van der Waals surface area contributed by atoms with Crippen LogP contribution in [0, 0.1) is 81.9 Å². The van der Waals surface area contributed by atoms with Crippen molar-refractivity contribution in [2.75, 3.05) is 42.7 Å². The fourth-order valence-electron chi connectivity index (χ4n) is 13.9. The van der Waals surface area contributed by atoms with Crippen molar-refractivity contribution in [3.05, 3.63) is 370 Å². The zero-order chi connectivity index (χ0) is 102. The number of phenols is 1. The van der Waals surface area contributed by atoms with Crippen molar-refractivity contribution in [1.29, 1.82) is 10.5 Å². The van der Waals surface area contributed by atoms with Gasteiger partial charge >= 0.3 is 13.1 Å². The van der Waals surface area contributed by atoms with Crippen molar-refractivity contribution in [2.45, 2.75) is 99.6 Å². The van der Waals surface area contributed by atoms with Crippen LogP contribution in [0.5, 0.6) is 63.2 Å². The summed E-state index contributed by atoms with van der Waals surface area (Å²) in [5.41, 5.74) is 12.1. The number of halogens is 8. The highest BCUT2D eigenvalue weighted by Gasteiger charge is 2.52. The maximum absolute atomic E-state index is 13.0. The van der Waals surface area contributed by atoms with Crippen molar-refractivity contribution in [3.8, 4) is 75.4 Å². The van der Waals surface area contributed by atoms with E-state index in [-0.39, 0.29) is 46.3 Å². The Morgan fingerprint density at radius 2 is 0.773 bits per heavy atom. The van der Waals surface area contributed by atoms with Gasteiger partial charge in [0.25, 0.3) is 0 Å². The number of rotatable bonds is 15. The molecule has 23 nitrogen and oxygen atoms in total. The zero-order valence-corrected chi connectivity index (χ0v) is 86.6. The van der Waals surface area contributed by atoms with Crippen LogP contribution in [0.4, 0.5) is 13.2 Å². The SMILES string of the molecule is C.COc1cc(C)cc2c(=O)c3ccc(B4OC(C)(C)C(C)(C)O4)cc3oc12.COc1cc(C)cc2c(=O)c3ccc(Br)cc3oc12.COc1cc(C)cc2c(=O)c3ccc(Cc4ccc(F)nc4)cc3oc12.COc1cc(C)ccc1O.COc1cc(C)ccc1Oc1cc(Br)ccc1C#N.COc1cc(C)ccc1Oc1cc(Br)ccc1C(=O)O.Fc1ccc(CBr)cn1.N#Cc1ccc(Br)cc1F. The lowest BCUT2D eigenvalue weighted by molar-refractivity contribution is 0.00578. The first kappa shape index (κ1) is 109. The molecule has 0 atom stereocenters. The minimum absolute atomic E-state index is 0. The van der Waals surface area contributed by atoms with Gasteiger partial charge in [-0.2, -0.15) is 19.3 Å². The van der Waals surface area contributed by atoms with Gasteiger partial charge in [0.15, 0.2) is 68.5 Å². The zero-order valence-electron chi connectivity index (χ0n) is 78.7. The normalized spacial score (nSPS) is 11.7. The molecule has 18 rings (SSSR count). The van der Waals surface area contributed by atoms with E-state index in [1.807, 2.05) is 166 Å². The summed E-state index contributed by atoms with van der Waals surface area (Å²) in [6.07, 6.45) is 3.57. The van der Waals surface area contributed by atoms with Crippen LogP contribution in [0.1, 0.15) is 107 Å². The summed E-state index contributed by atoms with van der Waals surface area (Å²) in [6, 6.07) is 67.9. The Morgan fingerprint density at radius 1 is 0.397 bits per heavy atom. The number of aryl methyl sites for hydroxylation is 6. The van der Waals surface area contributed by atoms with Gasteiger partial charge in [0.2, 0.25) is 28.2 Å². The van der Waals surface area contributed by atoms with E-state index in [0.29, 0.717) is 134 Å². The Kier molecular flexibility index (Phi) is 38.2. The number of nitriles is 2. The number of aromatic hydroxyl groups is 1. The Bertz CT molecular complexity index is 7700. The maximum atomic E-state index is 13.0. The minimum Gasteiger partial charge on any atom is -0.504 e. The average Bonchev–Trinajstić information content (AvgIpc) is 1.48. The lowest BCUT2D eigenvalue weighted by atomic mass is 9.79. The second kappa shape index (κ2) is 49.3. The molecule has 17 aromatic rings. The predicted octanol–water partition coefficient (Wildman–Crippen LogP) is 27.6. The summed E-state index contributed by atoms with van der Waals surface area (Å²) in [7, 11) is 8.85. The Labute approximate surface area is 854 Å². The number of aromatic nitrogens is 2. The van der Waals surface area contributed by atoms with Crippen molar-refractivity contribution in [3.63, 3.8) is 0 Å². The number of carboxylic acids is 1. The van der Waals surface area contributed by atoms with Crippen molar-refractivity contribution >= 4 is 164 Å². The number of aromatic carboxylic acids is 1. The molecule has 1 fully saturated rings. The molecule has 1 aliphatic heterocycles. The maximum Gasteiger partial charge on any atom is 0.494 e. The number of phenolic OH excluding ortho intramolecular Hbond substituents is 1. The average molecular weight is 2230 g/mol. The third kappa shape index (κ3) is 27.9. The van der Waals surface area contributed by atoms with Gasteiger partial charge in [-0.3, -0.25) is 14.4 Å². The summed E-state index contributed by atoms with van der Waals surface area (Å²) in [5.74, 6) is 2.92. The first-order valence-corrected chi connectivity index (χ1v) is 47.0. The van der Waals surface area contributed by atoms with Gasteiger partial charge < -0.3 is 70.7 Å². The summed E-state index contributed by atoms with van der Waals surface area (Å²) >= 11 is 16.3. The highest BCUT2D eigenvalue weighted by atomic mass is 79.9. The third-order valence-electron chi connectivity index (χ3n) is 21.7. The summed E-state index contributed by atoms with van der Waals surface area (Å²) in [6.45, 7) is 19.7. The van der Waals surface area contributed by atoms with Crippen molar-refractivity contribution in [2.24, 2.45) is 0 Å². The van der Waals surface area contributed by atoms with E-state index in [1.54, 1.807) is 139 Å². The summed E-state index contributed by atoms with van der Waals surface area (Å²) in [4.78, 5) is 56.6. The highest BCUT2D eigenvalue weighted by molar-refractivity contribution is 9.11. The van der Waals surface area contributed by atoms with Crippen LogP contribution < -0.4 is 59.6 Å². The number of nitrogens with zero attached hydrogens (tertiary/aromatic N) is 4. The van der Waals surface area contributed by atoms with E-state index in [2.05, 4.69) is 95.7 Å². The molecule has 0 aliphatic carbocycles. The second-order valence-corrected chi connectivity index (χ2v) is 36.8. The molecule has 141 heavy (non-hydrogen) atoms. The van der Waals surface area contributed by atoms with Crippen LogP contribution >= 0.6 is 79.6 Å². The quantitative estimate of drug-likeness (QED) is 0.0417. The first-order chi connectivity index (χ1) is 66.7. The van der Waals surface area contributed by atoms with E-state index < -0.39 is 42.0 Å². The van der Waals surface area contributed by atoms with Gasteiger partial charge in [-0.15, -0.1) is 0 Å². The molecule has 32 heteroatoms. The molecular formula is C109H97BBr5F3N4O19. The lowest BCUT2D eigenvalue weighted by Gasteiger charge is -2.32. The van der Waals surface area contributed by atoms with Gasteiger partial charge in [0.05, 0.1) is 97.3 Å². The standard InChI is InChI=1S/C21H23BO5.C21H16FNO3.C15H12BrNO2.C15H13BrO4.C15H11BrO3.C8H10O2.C7H3BrFN.C6H5BrFN.CH4/c1-12-9-15-18(23)14-8-7-13(22-26-20(2,3)21(4,5)27-22)11-16(14)25-19(15)17(10-12)24-6;1-12-7-16-20(24)15-5-3-13(9-14-4-6-19(22)23-11-14)10-17(15)26-21(16)18(8-12)25-2;1-10-3-6-13(15(7-10)18-2)19-14-8-12(16)5-4-11(14)9-17;1-9-3-6-12(14(7-9)19-2)20-13-8-10(16)4-5-11(13)15(17)18;1-8-5-11-14(17)10-4-3-9(16)7-12(10)19-15(11)13(6-8)18-2;1-6-3-4-7(9)8(5-6)10-2;8-6-2-1-5(4-10)7(9)3-6;7-3-5-1-2-6(8)9-4-5;/h7-11H,1-6H3;3-8,10-11H,9H2,1-2H3;3-8H,1-2H3;3-8H,1-2H3,(H,17,18);3-7H,1-2H3;3-5,9H,1-2H3;1-3H;1-2,4H,3H2;1H4. The van der Waals surface area contributed by atoms with Crippen LogP contribution in [0.2, 0.25) is 0 Å². The number of fused-ring (bicyclic) bond motifs is 6. The molecule has 5 aromatic heterocycles. The van der Waals surface area contributed by atoms with Crippen molar-refractivity contribution < 1.29 is 88.6 Å². The van der Waals surface area contributed by atoms with Crippen molar-refractivity contribution in [1.82, 2.24) is 9.97 Å². The number of hydrogen-bond donors (Lipinski definition) is 2. The van der Waals surface area contributed by atoms with Gasteiger partial charge in [-0.25, -0.2) is 19.2 Å². The molecule has 726 valence electrons. The molecule has 1 saturated heterocycles. The highest BCUT2D eigenvalue weighted by Crippen LogP contribution is 2.41. The van der Waals surface area contributed by atoms with Crippen LogP contribution in [0.3, 0.4) is 0 Å². The molecule has 0 saturated carbocycles. The largest absolute Gasteiger partial charge is 0.504 e. The Hall–Kier alpha value is -13.8. The van der Waals surface area contributed by atoms with Gasteiger partial charge in [-0.05, 0) is 313 Å². The lowest BCUT2D eigenvalue weighted by Crippen LogP contribution is -2.41. The monoisotopic (exact) mass is 2230 g/mol. The predicted molar refractivity (Wildman–Crippen MR) is 562 cm³/mol. The molecule has 6 heterocycles. The van der Waals surface area contributed by atoms with Gasteiger partial charge in [0, 0.05) is 35.6 Å². The Morgan fingerprint density at radius 3 is 1.21 bits per heavy atom. The summed E-state index contributed by atoms with van der Waals surface area (Å²) in [5, 5.41) is 39.6. The van der Waals surface area contributed by atoms with Crippen LogP contribution in [0.25, 0.3) is 65.8 Å². The molecule has 0 bridgehead atoms. The fraction of sp³-hybridized carbons (Fsp3) is 0.193. The van der Waals surface area contributed by atoms with Crippen LogP contribution in [0.15, 0.2) is 282 Å². The van der Waals surface area contributed by atoms with E-state index in [1.165, 1.54) is 49.8 Å². The topological polar surface area (TPSA) is 314 Å². The van der Waals surface area contributed by atoms with E-state index >= 15 is 0 Å². The minimum atomic E-state index is -1.04.